The number of carbonyl (C=O) groups excluding carboxylic acids is 1. The van der Waals surface area contributed by atoms with Crippen LogP contribution in [-0.4, -0.2) is 5.91 Å². The summed E-state index contributed by atoms with van der Waals surface area (Å²) in [5.41, 5.74) is 3.28. The molecular formula is C15H12N2O. The number of fused-ring (bicyclic) bond motifs is 1. The molecule has 2 N–H and O–H groups in total. The topological polar surface area (TPSA) is 41.1 Å². The molecule has 2 aromatic carbocycles. The Morgan fingerprint density at radius 1 is 0.778 bits per heavy atom. The van der Waals surface area contributed by atoms with Crippen molar-refractivity contribution in [3.8, 4) is 0 Å². The normalized spacial score (nSPS) is 15.8. The van der Waals surface area contributed by atoms with Crippen molar-refractivity contribution < 1.29 is 4.79 Å². The first-order valence-electron chi connectivity index (χ1n) is 5.77. The number of amides is 1. The molecule has 0 radical (unpaired) electrons. The first-order valence-corrected chi connectivity index (χ1v) is 5.77. The van der Waals surface area contributed by atoms with Crippen LogP contribution >= 0.6 is 0 Å². The third-order valence-electron chi connectivity index (χ3n) is 2.80. The van der Waals surface area contributed by atoms with Crippen molar-refractivity contribution in [1.29, 1.82) is 0 Å². The number of hydrogen-bond donors (Lipinski definition) is 2. The third kappa shape index (κ3) is 1.98. The smallest absolute Gasteiger partial charge is 0.272 e. The second-order valence-corrected chi connectivity index (χ2v) is 4.09. The van der Waals surface area contributed by atoms with Crippen LogP contribution in [0.1, 0.15) is 5.56 Å². The molecule has 88 valence electrons. The van der Waals surface area contributed by atoms with Gasteiger partial charge in [0.2, 0.25) is 0 Å². The lowest BCUT2D eigenvalue weighted by Crippen LogP contribution is -2.25. The maximum absolute atomic E-state index is 11.9. The summed E-state index contributed by atoms with van der Waals surface area (Å²) < 4.78 is 0. The molecule has 1 aliphatic rings. The van der Waals surface area contributed by atoms with E-state index in [2.05, 4.69) is 10.6 Å². The van der Waals surface area contributed by atoms with Crippen molar-refractivity contribution in [2.75, 3.05) is 10.6 Å². The summed E-state index contributed by atoms with van der Waals surface area (Å²) in [5, 5.41) is 6.00. The van der Waals surface area contributed by atoms with Gasteiger partial charge in [0.05, 0.1) is 11.4 Å². The van der Waals surface area contributed by atoms with Gasteiger partial charge >= 0.3 is 0 Å². The van der Waals surface area contributed by atoms with Crippen molar-refractivity contribution in [1.82, 2.24) is 0 Å². The van der Waals surface area contributed by atoms with Crippen molar-refractivity contribution >= 4 is 23.4 Å². The summed E-state index contributed by atoms with van der Waals surface area (Å²) in [6.07, 6.45) is 1.84. The number of rotatable bonds is 1. The number of nitrogens with one attached hydrogen (secondary N) is 2. The van der Waals surface area contributed by atoms with Crippen molar-refractivity contribution in [3.63, 3.8) is 0 Å². The van der Waals surface area contributed by atoms with E-state index in [1.807, 2.05) is 60.7 Å². The van der Waals surface area contributed by atoms with Gasteiger partial charge in [0.15, 0.2) is 0 Å². The van der Waals surface area contributed by atoms with E-state index in [1.54, 1.807) is 0 Å². The van der Waals surface area contributed by atoms with E-state index in [1.165, 1.54) is 0 Å². The zero-order valence-electron chi connectivity index (χ0n) is 9.68. The van der Waals surface area contributed by atoms with Gasteiger partial charge in [0, 0.05) is 0 Å². The van der Waals surface area contributed by atoms with Gasteiger partial charge in [-0.15, -0.1) is 0 Å². The van der Waals surface area contributed by atoms with E-state index in [4.69, 9.17) is 0 Å². The number of hydrogen-bond acceptors (Lipinski definition) is 2. The average molecular weight is 236 g/mol. The highest BCUT2D eigenvalue weighted by Crippen LogP contribution is 2.27. The highest BCUT2D eigenvalue weighted by Gasteiger charge is 2.18. The highest BCUT2D eigenvalue weighted by atomic mass is 16.2. The fourth-order valence-electron chi connectivity index (χ4n) is 1.91. The summed E-state index contributed by atoms with van der Waals surface area (Å²) in [6.45, 7) is 0. The van der Waals surface area contributed by atoms with E-state index < -0.39 is 0 Å². The molecule has 1 heterocycles. The Labute approximate surface area is 105 Å². The molecule has 1 aliphatic heterocycles. The Kier molecular flexibility index (Phi) is 2.57. The molecule has 3 rings (SSSR count). The van der Waals surface area contributed by atoms with Gasteiger partial charge < -0.3 is 10.6 Å². The van der Waals surface area contributed by atoms with Crippen molar-refractivity contribution in [3.05, 3.63) is 65.9 Å². The second-order valence-electron chi connectivity index (χ2n) is 4.09. The lowest BCUT2D eigenvalue weighted by atomic mass is 10.1. The van der Waals surface area contributed by atoms with Gasteiger partial charge in [0.25, 0.3) is 5.91 Å². The molecule has 2 aromatic rings. The number of benzene rings is 2. The first kappa shape index (κ1) is 10.6. The van der Waals surface area contributed by atoms with Crippen molar-refractivity contribution in [2.45, 2.75) is 0 Å². The van der Waals surface area contributed by atoms with Gasteiger partial charge in [-0.05, 0) is 23.8 Å². The Bertz CT molecular complexity index is 617. The summed E-state index contributed by atoms with van der Waals surface area (Å²) >= 11 is 0. The largest absolute Gasteiger partial charge is 0.349 e. The highest BCUT2D eigenvalue weighted by molar-refractivity contribution is 6.13. The Hall–Kier alpha value is -2.55. The summed E-state index contributed by atoms with van der Waals surface area (Å²) in [4.78, 5) is 11.9. The molecule has 3 heteroatoms. The summed E-state index contributed by atoms with van der Waals surface area (Å²) in [7, 11) is 0. The van der Waals surface area contributed by atoms with Crippen LogP contribution in [0.15, 0.2) is 60.3 Å². The predicted octanol–water partition coefficient (Wildman–Crippen LogP) is 3.09. The first-order chi connectivity index (χ1) is 8.83. The molecule has 3 nitrogen and oxygen atoms in total. The van der Waals surface area contributed by atoms with Crippen LogP contribution in [-0.2, 0) is 4.79 Å². The van der Waals surface area contributed by atoms with E-state index >= 15 is 0 Å². The van der Waals surface area contributed by atoms with Crippen LogP contribution in [0.3, 0.4) is 0 Å². The van der Waals surface area contributed by atoms with Crippen LogP contribution < -0.4 is 10.6 Å². The standard InChI is InChI=1S/C15H12N2O/c18-15-14(10-11-6-2-1-3-7-11)16-12-8-4-5-9-13(12)17-15/h1-10,16H,(H,17,18)/b14-10+. The molecule has 0 fully saturated rings. The van der Waals surface area contributed by atoms with E-state index in [9.17, 15) is 4.79 Å². The van der Waals surface area contributed by atoms with Crippen LogP contribution in [0.4, 0.5) is 11.4 Å². The molecule has 0 aromatic heterocycles. The fourth-order valence-corrected chi connectivity index (χ4v) is 1.91. The predicted molar refractivity (Wildman–Crippen MR) is 73.1 cm³/mol. The van der Waals surface area contributed by atoms with Crippen LogP contribution in [0.5, 0.6) is 0 Å². The SMILES string of the molecule is O=C1Nc2ccccc2N/C1=C/c1ccccc1. The van der Waals surface area contributed by atoms with E-state index in [0.717, 1.165) is 16.9 Å². The number of para-hydroxylation sites is 2. The number of anilines is 2. The molecule has 0 saturated carbocycles. The zero-order valence-corrected chi connectivity index (χ0v) is 9.68. The van der Waals surface area contributed by atoms with Crippen LogP contribution in [0, 0.1) is 0 Å². The minimum atomic E-state index is -0.113. The molecule has 18 heavy (non-hydrogen) atoms. The Morgan fingerprint density at radius 3 is 2.11 bits per heavy atom. The van der Waals surface area contributed by atoms with E-state index in [0.29, 0.717) is 5.70 Å². The minimum absolute atomic E-state index is 0.113. The average Bonchev–Trinajstić information content (AvgIpc) is 2.41. The van der Waals surface area contributed by atoms with Gasteiger partial charge in [0.1, 0.15) is 5.70 Å². The zero-order chi connectivity index (χ0) is 12.4. The molecule has 0 saturated heterocycles. The van der Waals surface area contributed by atoms with E-state index in [-0.39, 0.29) is 5.91 Å². The molecule has 0 bridgehead atoms. The molecule has 0 unspecified atom stereocenters. The minimum Gasteiger partial charge on any atom is -0.349 e. The Balaban J connectivity index is 1.96. The molecule has 0 aliphatic carbocycles. The summed E-state index contributed by atoms with van der Waals surface area (Å²) in [6, 6.07) is 17.4. The lowest BCUT2D eigenvalue weighted by Gasteiger charge is -2.20. The fraction of sp³-hybridized carbons (Fsp3) is 0. The molecular weight excluding hydrogens is 224 g/mol. The van der Waals surface area contributed by atoms with Gasteiger partial charge in [-0.1, -0.05) is 42.5 Å². The summed E-state index contributed by atoms with van der Waals surface area (Å²) in [5.74, 6) is -0.113. The van der Waals surface area contributed by atoms with Crippen molar-refractivity contribution in [2.24, 2.45) is 0 Å². The number of carbonyl (C=O) groups is 1. The quantitative estimate of drug-likeness (QED) is 0.747. The third-order valence-corrected chi connectivity index (χ3v) is 2.80. The molecule has 0 atom stereocenters. The monoisotopic (exact) mass is 236 g/mol. The van der Waals surface area contributed by atoms with Gasteiger partial charge in [-0.2, -0.15) is 0 Å². The van der Waals surface area contributed by atoms with Crippen LogP contribution in [0.25, 0.3) is 6.08 Å². The van der Waals surface area contributed by atoms with Gasteiger partial charge in [-0.3, -0.25) is 4.79 Å². The maximum Gasteiger partial charge on any atom is 0.272 e. The van der Waals surface area contributed by atoms with Crippen LogP contribution in [0.2, 0.25) is 0 Å². The lowest BCUT2D eigenvalue weighted by molar-refractivity contribution is -0.112. The Morgan fingerprint density at radius 2 is 1.39 bits per heavy atom. The molecule has 0 spiro atoms. The second kappa shape index (κ2) is 4.37. The maximum atomic E-state index is 11.9. The molecule has 1 amide bonds. The van der Waals surface area contributed by atoms with Gasteiger partial charge in [-0.25, -0.2) is 0 Å².